The molecular formula is C54H106F2O5S. The third kappa shape index (κ3) is 26.7. The summed E-state index contributed by atoms with van der Waals surface area (Å²) in [5.41, 5.74) is -0.712. The summed E-state index contributed by atoms with van der Waals surface area (Å²) in [6, 6.07) is 0. The second kappa shape index (κ2) is 29.4. The maximum Gasteiger partial charge on any atom is 0.248 e. The number of rotatable bonds is 6. The van der Waals surface area contributed by atoms with Crippen molar-refractivity contribution in [1.29, 1.82) is 0 Å². The molecule has 6 rings (SSSR count). The van der Waals surface area contributed by atoms with Crippen LogP contribution in [-0.4, -0.2) is 60.5 Å². The van der Waals surface area contributed by atoms with Crippen LogP contribution in [-0.2, 0) is 14.6 Å². The summed E-state index contributed by atoms with van der Waals surface area (Å²) in [4.78, 5) is 0. The Kier molecular flexibility index (Phi) is 28.4. The monoisotopic (exact) mass is 905 g/mol. The lowest BCUT2D eigenvalue weighted by molar-refractivity contribution is -0.0504. The van der Waals surface area contributed by atoms with E-state index in [-0.39, 0.29) is 24.0 Å². The summed E-state index contributed by atoms with van der Waals surface area (Å²) >= 11 is 0. The Bertz CT molecular complexity index is 1090. The molecule has 4 aliphatic carbocycles. The van der Waals surface area contributed by atoms with Crippen molar-refractivity contribution >= 4 is 9.84 Å². The van der Waals surface area contributed by atoms with Gasteiger partial charge in [0.15, 0.2) is 0 Å². The minimum absolute atomic E-state index is 0.107. The Morgan fingerprint density at radius 3 is 0.952 bits per heavy atom. The molecule has 2 aliphatic heterocycles. The minimum atomic E-state index is -2.65. The van der Waals surface area contributed by atoms with Crippen LogP contribution >= 0.6 is 0 Å². The number of sulfone groups is 1. The van der Waals surface area contributed by atoms with Gasteiger partial charge >= 0.3 is 0 Å². The van der Waals surface area contributed by atoms with Crippen molar-refractivity contribution in [3.8, 4) is 0 Å². The normalized spacial score (nSPS) is 29.9. The van der Waals surface area contributed by atoms with Gasteiger partial charge in [-0.1, -0.05) is 115 Å². The second-order valence-electron chi connectivity index (χ2n) is 23.7. The van der Waals surface area contributed by atoms with E-state index < -0.39 is 15.8 Å². The molecule has 0 atom stereocenters. The van der Waals surface area contributed by atoms with E-state index >= 15 is 0 Å². The largest absolute Gasteiger partial charge is 0.390 e. The zero-order valence-electron chi connectivity index (χ0n) is 43.4. The first-order valence-corrected chi connectivity index (χ1v) is 28.1. The van der Waals surface area contributed by atoms with Crippen LogP contribution in [0.1, 0.15) is 232 Å². The SMILES string of the molecule is CC(C)C1CCC(C)(O)CC1.CC(C)C1CCC(C)(O)CC1.CC(C)C1CCC(F)(F)CC1.CC(C)C1CCCCC1.CC(C)C1CCOCC1.CC(C)C1CCS(=O)(=O)CC1. The lowest BCUT2D eigenvalue weighted by Gasteiger charge is -2.34. The molecule has 0 aromatic carbocycles. The molecule has 0 amide bonds. The van der Waals surface area contributed by atoms with Gasteiger partial charge in [0.25, 0.3) is 0 Å². The van der Waals surface area contributed by atoms with E-state index in [9.17, 15) is 27.4 Å². The van der Waals surface area contributed by atoms with Gasteiger partial charge in [0.2, 0.25) is 5.92 Å². The van der Waals surface area contributed by atoms with E-state index in [4.69, 9.17) is 4.74 Å². The van der Waals surface area contributed by atoms with E-state index in [2.05, 4.69) is 83.1 Å². The predicted octanol–water partition coefficient (Wildman–Crippen LogP) is 15.4. The molecule has 2 N–H and O–H groups in total. The van der Waals surface area contributed by atoms with Crippen LogP contribution in [0.15, 0.2) is 0 Å². The maximum atomic E-state index is 12.6. The number of hydrogen-bond donors (Lipinski definition) is 2. The highest BCUT2D eigenvalue weighted by Crippen LogP contribution is 2.39. The fourth-order valence-corrected chi connectivity index (χ4v) is 11.9. The first-order valence-electron chi connectivity index (χ1n) is 26.3. The maximum absolute atomic E-state index is 12.6. The van der Waals surface area contributed by atoms with Gasteiger partial charge in [-0.05, 0) is 175 Å². The second-order valence-corrected chi connectivity index (χ2v) is 26.0. The average molecular weight is 905 g/mol. The molecule has 0 unspecified atom stereocenters. The Balaban J connectivity index is 0.000000373. The summed E-state index contributed by atoms with van der Waals surface area (Å²) < 4.78 is 52.6. The van der Waals surface area contributed by atoms with E-state index in [0.717, 1.165) is 99.1 Å². The molecule has 2 saturated heterocycles. The molecule has 8 heteroatoms. The third-order valence-corrected chi connectivity index (χ3v) is 17.9. The molecule has 2 heterocycles. The molecule has 4 saturated carbocycles. The molecule has 0 aromatic heterocycles. The van der Waals surface area contributed by atoms with Crippen molar-refractivity contribution in [2.45, 2.75) is 249 Å². The van der Waals surface area contributed by atoms with Gasteiger partial charge in [-0.25, -0.2) is 17.2 Å². The fourth-order valence-electron chi connectivity index (χ4n) is 10.3. The van der Waals surface area contributed by atoms with Gasteiger partial charge < -0.3 is 14.9 Å². The zero-order valence-corrected chi connectivity index (χ0v) is 44.2. The topological polar surface area (TPSA) is 83.8 Å². The van der Waals surface area contributed by atoms with Crippen LogP contribution in [0, 0.1) is 71.0 Å². The Hall–Kier alpha value is -0.310. The lowest BCUT2D eigenvalue weighted by atomic mass is 9.75. The van der Waals surface area contributed by atoms with Gasteiger partial charge in [-0.15, -0.1) is 0 Å². The van der Waals surface area contributed by atoms with Crippen LogP contribution in [0.3, 0.4) is 0 Å². The Morgan fingerprint density at radius 1 is 0.419 bits per heavy atom. The summed E-state index contributed by atoms with van der Waals surface area (Å²) in [5, 5.41) is 19.3. The van der Waals surface area contributed by atoms with Crippen LogP contribution in [0.4, 0.5) is 8.78 Å². The first-order chi connectivity index (χ1) is 28.7. The Morgan fingerprint density at radius 2 is 0.677 bits per heavy atom. The summed E-state index contributed by atoms with van der Waals surface area (Å²) in [6.07, 6.45) is 22.2. The molecule has 6 fully saturated rings. The smallest absolute Gasteiger partial charge is 0.248 e. The van der Waals surface area contributed by atoms with Gasteiger partial charge in [0.1, 0.15) is 9.84 Å². The number of hydrogen-bond acceptors (Lipinski definition) is 5. The van der Waals surface area contributed by atoms with Crippen molar-refractivity contribution in [3.05, 3.63) is 0 Å². The predicted molar refractivity (Wildman–Crippen MR) is 263 cm³/mol. The zero-order chi connectivity index (χ0) is 47.3. The number of ether oxygens (including phenoxy) is 1. The van der Waals surface area contributed by atoms with Crippen molar-refractivity contribution in [2.24, 2.45) is 71.0 Å². The van der Waals surface area contributed by atoms with Crippen molar-refractivity contribution < 1.29 is 32.1 Å². The molecule has 5 nitrogen and oxygen atoms in total. The number of alkyl halides is 2. The first kappa shape index (κ1) is 59.7. The highest BCUT2D eigenvalue weighted by molar-refractivity contribution is 7.91. The molecule has 0 bridgehead atoms. The third-order valence-electron chi connectivity index (χ3n) is 16.1. The molecule has 62 heavy (non-hydrogen) atoms. The van der Waals surface area contributed by atoms with Gasteiger partial charge in [-0.3, -0.25) is 0 Å². The van der Waals surface area contributed by atoms with Gasteiger partial charge in [0.05, 0.1) is 22.7 Å². The highest BCUT2D eigenvalue weighted by Gasteiger charge is 2.36. The highest BCUT2D eigenvalue weighted by atomic mass is 32.2. The molecule has 0 spiro atoms. The molecule has 372 valence electrons. The summed E-state index contributed by atoms with van der Waals surface area (Å²) in [6.45, 7) is 32.9. The van der Waals surface area contributed by atoms with Crippen LogP contribution in [0.5, 0.6) is 0 Å². The van der Waals surface area contributed by atoms with E-state index in [1.54, 1.807) is 0 Å². The number of halogens is 2. The van der Waals surface area contributed by atoms with Crippen molar-refractivity contribution in [2.75, 3.05) is 24.7 Å². The fraction of sp³-hybridized carbons (Fsp3) is 1.00. The molecule has 6 aliphatic rings. The van der Waals surface area contributed by atoms with E-state index in [1.165, 1.54) is 70.6 Å². The van der Waals surface area contributed by atoms with Crippen molar-refractivity contribution in [1.82, 2.24) is 0 Å². The molecule has 0 aromatic rings. The van der Waals surface area contributed by atoms with Crippen LogP contribution < -0.4 is 0 Å². The van der Waals surface area contributed by atoms with E-state index in [1.807, 2.05) is 13.8 Å². The summed E-state index contributed by atoms with van der Waals surface area (Å²) in [5.74, 6) is 7.95. The molecule has 0 radical (unpaired) electrons. The molecular weight excluding hydrogens is 799 g/mol. The number of aliphatic hydroxyl groups is 2. The summed E-state index contributed by atoms with van der Waals surface area (Å²) in [7, 11) is -2.65. The lowest BCUT2D eigenvalue weighted by Crippen LogP contribution is -2.31. The van der Waals surface area contributed by atoms with Crippen LogP contribution in [0.25, 0.3) is 0 Å². The minimum Gasteiger partial charge on any atom is -0.390 e. The standard InChI is InChI=1S/2C10H20O.C9H16F2.C9H18.C8H16O2S.C8H16O/c2*1-8(2)9-4-6-10(3,11)7-5-9;1-7(2)8-3-5-9(10,11)6-4-8;1-8(2)9-6-4-3-5-7-9;1-7(2)8-3-5-11(9,10)6-4-8;1-7(2)8-3-5-9-6-4-8/h2*8-9,11H,4-7H2,1-3H3;7-8H,3-6H2,1-2H3;8-9H,3-7H2,1-2H3;7-8H,3-6H2,1-2H3;7-8H,3-6H2,1-2H3. The van der Waals surface area contributed by atoms with Gasteiger partial charge in [-0.2, -0.15) is 0 Å². The van der Waals surface area contributed by atoms with E-state index in [0.29, 0.717) is 48.0 Å². The Labute approximate surface area is 385 Å². The van der Waals surface area contributed by atoms with Gasteiger partial charge in [0, 0.05) is 26.1 Å². The van der Waals surface area contributed by atoms with Crippen molar-refractivity contribution in [3.63, 3.8) is 0 Å². The quantitative estimate of drug-likeness (QED) is 0.277. The van der Waals surface area contributed by atoms with Crippen LogP contribution in [0.2, 0.25) is 0 Å². The average Bonchev–Trinajstić information content (AvgIpc) is 3.19.